The van der Waals surface area contributed by atoms with Crippen LogP contribution in [0.2, 0.25) is 58.9 Å². The van der Waals surface area contributed by atoms with E-state index in [4.69, 9.17) is 27.5 Å². The predicted octanol–water partition coefficient (Wildman–Crippen LogP) is 3.62. The lowest BCUT2D eigenvalue weighted by Crippen LogP contribution is -2.65. The largest absolute Gasteiger partial charge is 0.409 e. The number of rotatable bonds is 8. The Labute approximate surface area is 156 Å². The van der Waals surface area contributed by atoms with Crippen molar-refractivity contribution in [3.63, 3.8) is 0 Å². The topological polar surface area (TPSA) is 55.4 Å². The lowest BCUT2D eigenvalue weighted by molar-refractivity contribution is -0.327. The van der Waals surface area contributed by atoms with E-state index >= 15 is 0 Å². The Bertz CT molecular complexity index is 416. The molecule has 6 nitrogen and oxygen atoms in total. The van der Waals surface area contributed by atoms with Gasteiger partial charge in [0, 0.05) is 14.2 Å². The summed E-state index contributed by atoms with van der Waals surface area (Å²) in [6, 6.07) is 0. The standard InChI is InChI=1S/C16H38O6Si3/c1-17-13-12(20-23(3,4)5)14(21-24(6,7)8)15(18-2)19-16(13)22-25(9,10)11/h12-16H,1-11H3/t12-,13-,14-,15+,16?/m1/s1. The summed E-state index contributed by atoms with van der Waals surface area (Å²) < 4.78 is 36.7. The molecule has 0 spiro atoms. The number of hydrogen-bond donors (Lipinski definition) is 0. The van der Waals surface area contributed by atoms with E-state index in [1.807, 2.05) is 0 Å². The Morgan fingerprint density at radius 2 is 0.960 bits per heavy atom. The van der Waals surface area contributed by atoms with Gasteiger partial charge >= 0.3 is 0 Å². The van der Waals surface area contributed by atoms with Gasteiger partial charge in [-0.15, -0.1) is 0 Å². The van der Waals surface area contributed by atoms with Crippen LogP contribution < -0.4 is 0 Å². The maximum absolute atomic E-state index is 6.50. The Kier molecular flexibility index (Phi) is 8.08. The quantitative estimate of drug-likeness (QED) is 0.570. The first kappa shape index (κ1) is 23.5. The smallest absolute Gasteiger partial charge is 0.187 e. The molecule has 1 heterocycles. The molecule has 0 aromatic rings. The first-order valence-electron chi connectivity index (χ1n) is 8.91. The van der Waals surface area contributed by atoms with E-state index in [9.17, 15) is 0 Å². The molecule has 150 valence electrons. The SMILES string of the molecule is CO[C@H]1OC(O[Si](C)(C)C)[C@H](OC)[C@@H](O[Si](C)(C)C)[C@H]1O[Si](C)(C)C. The maximum atomic E-state index is 6.50. The van der Waals surface area contributed by atoms with Gasteiger partial charge < -0.3 is 27.5 Å². The van der Waals surface area contributed by atoms with E-state index in [0.29, 0.717) is 0 Å². The Morgan fingerprint density at radius 3 is 1.32 bits per heavy atom. The van der Waals surface area contributed by atoms with Crippen LogP contribution in [0.15, 0.2) is 0 Å². The minimum atomic E-state index is -1.85. The highest BCUT2D eigenvalue weighted by atomic mass is 28.4. The molecular weight excluding hydrogens is 372 g/mol. The van der Waals surface area contributed by atoms with Crippen molar-refractivity contribution in [2.24, 2.45) is 0 Å². The van der Waals surface area contributed by atoms with Gasteiger partial charge in [0.1, 0.15) is 18.3 Å². The molecule has 5 atom stereocenters. The summed E-state index contributed by atoms with van der Waals surface area (Å²) in [5, 5.41) is 0. The third kappa shape index (κ3) is 7.89. The van der Waals surface area contributed by atoms with Crippen molar-refractivity contribution in [1.29, 1.82) is 0 Å². The molecular formula is C16H38O6Si3. The molecule has 0 amide bonds. The first-order chi connectivity index (χ1) is 11.2. The average Bonchev–Trinajstić information content (AvgIpc) is 2.36. The molecule has 0 bridgehead atoms. The highest BCUT2D eigenvalue weighted by molar-refractivity contribution is 6.70. The van der Waals surface area contributed by atoms with Crippen LogP contribution in [0.4, 0.5) is 0 Å². The number of methoxy groups -OCH3 is 2. The summed E-state index contributed by atoms with van der Waals surface area (Å²) in [6.07, 6.45) is -2.05. The molecule has 0 aromatic carbocycles. The zero-order valence-corrected chi connectivity index (χ0v) is 20.8. The van der Waals surface area contributed by atoms with Gasteiger partial charge in [-0.1, -0.05) is 0 Å². The van der Waals surface area contributed by atoms with Gasteiger partial charge in [-0.05, 0) is 58.9 Å². The summed E-state index contributed by atoms with van der Waals surface area (Å²) in [5.41, 5.74) is 0. The van der Waals surface area contributed by atoms with Crippen molar-refractivity contribution in [2.75, 3.05) is 14.2 Å². The van der Waals surface area contributed by atoms with E-state index in [0.717, 1.165) is 0 Å². The van der Waals surface area contributed by atoms with Gasteiger partial charge in [-0.3, -0.25) is 0 Å². The fourth-order valence-corrected chi connectivity index (χ4v) is 5.77. The second kappa shape index (κ2) is 8.61. The minimum Gasteiger partial charge on any atom is -0.409 e. The second-order valence-corrected chi connectivity index (χ2v) is 22.8. The second-order valence-electron chi connectivity index (χ2n) is 9.43. The van der Waals surface area contributed by atoms with E-state index in [-0.39, 0.29) is 18.3 Å². The zero-order valence-electron chi connectivity index (χ0n) is 17.8. The van der Waals surface area contributed by atoms with Gasteiger partial charge in [0.15, 0.2) is 37.5 Å². The fourth-order valence-electron chi connectivity index (χ4n) is 2.74. The van der Waals surface area contributed by atoms with Crippen molar-refractivity contribution in [2.45, 2.75) is 89.8 Å². The summed E-state index contributed by atoms with van der Waals surface area (Å²) in [4.78, 5) is 0. The van der Waals surface area contributed by atoms with Gasteiger partial charge in [-0.25, -0.2) is 0 Å². The average molecular weight is 411 g/mol. The van der Waals surface area contributed by atoms with Crippen molar-refractivity contribution in [3.05, 3.63) is 0 Å². The molecule has 1 aliphatic rings. The van der Waals surface area contributed by atoms with Gasteiger partial charge in [-0.2, -0.15) is 0 Å². The normalized spacial score (nSPS) is 32.0. The summed E-state index contributed by atoms with van der Waals surface area (Å²) in [6.45, 7) is 19.3. The number of ether oxygens (including phenoxy) is 3. The molecule has 9 heteroatoms. The molecule has 25 heavy (non-hydrogen) atoms. The van der Waals surface area contributed by atoms with E-state index in [2.05, 4.69) is 58.9 Å². The van der Waals surface area contributed by atoms with E-state index in [1.165, 1.54) is 0 Å². The molecule has 0 aliphatic carbocycles. The fraction of sp³-hybridized carbons (Fsp3) is 1.00. The first-order valence-corrected chi connectivity index (χ1v) is 19.1. The Morgan fingerprint density at radius 1 is 0.520 bits per heavy atom. The third-order valence-corrected chi connectivity index (χ3v) is 6.30. The van der Waals surface area contributed by atoms with Crippen molar-refractivity contribution in [3.8, 4) is 0 Å². The highest BCUT2D eigenvalue weighted by Crippen LogP contribution is 2.33. The maximum Gasteiger partial charge on any atom is 0.187 e. The van der Waals surface area contributed by atoms with Crippen LogP contribution in [0, 0.1) is 0 Å². The molecule has 1 rings (SSSR count). The Balaban J connectivity index is 3.21. The van der Waals surface area contributed by atoms with E-state index < -0.39 is 37.5 Å². The molecule has 1 saturated heterocycles. The molecule has 1 aliphatic heterocycles. The van der Waals surface area contributed by atoms with Crippen LogP contribution in [0.25, 0.3) is 0 Å². The monoisotopic (exact) mass is 410 g/mol. The van der Waals surface area contributed by atoms with E-state index in [1.54, 1.807) is 14.2 Å². The van der Waals surface area contributed by atoms with Crippen LogP contribution in [-0.2, 0) is 27.5 Å². The summed E-state index contributed by atoms with van der Waals surface area (Å²) >= 11 is 0. The van der Waals surface area contributed by atoms with Crippen molar-refractivity contribution >= 4 is 25.0 Å². The minimum absolute atomic E-state index is 0.288. The molecule has 0 radical (unpaired) electrons. The Hall–Kier alpha value is 0.411. The number of hydrogen-bond acceptors (Lipinski definition) is 6. The molecule has 1 fully saturated rings. The van der Waals surface area contributed by atoms with Gasteiger partial charge in [0.2, 0.25) is 0 Å². The molecule has 0 saturated carbocycles. The van der Waals surface area contributed by atoms with Gasteiger partial charge in [0.05, 0.1) is 0 Å². The molecule has 1 unspecified atom stereocenters. The summed E-state index contributed by atoms with van der Waals surface area (Å²) in [5.74, 6) is 0. The van der Waals surface area contributed by atoms with Crippen molar-refractivity contribution < 1.29 is 27.5 Å². The van der Waals surface area contributed by atoms with Crippen LogP contribution in [0.3, 0.4) is 0 Å². The third-order valence-electron chi connectivity index (χ3n) is 3.41. The highest BCUT2D eigenvalue weighted by Gasteiger charge is 2.51. The molecule has 0 aromatic heterocycles. The lowest BCUT2D eigenvalue weighted by atomic mass is 10.0. The predicted molar refractivity (Wildman–Crippen MR) is 107 cm³/mol. The van der Waals surface area contributed by atoms with Crippen LogP contribution in [-0.4, -0.2) is 70.1 Å². The van der Waals surface area contributed by atoms with Gasteiger partial charge in [0.25, 0.3) is 0 Å². The van der Waals surface area contributed by atoms with Crippen LogP contribution in [0.1, 0.15) is 0 Å². The molecule has 0 N–H and O–H groups in total. The zero-order chi connectivity index (χ0) is 19.6. The van der Waals surface area contributed by atoms with Crippen LogP contribution in [0.5, 0.6) is 0 Å². The van der Waals surface area contributed by atoms with Crippen LogP contribution >= 0.6 is 0 Å². The lowest BCUT2D eigenvalue weighted by Gasteiger charge is -2.49. The van der Waals surface area contributed by atoms with Crippen molar-refractivity contribution in [1.82, 2.24) is 0 Å². The summed E-state index contributed by atoms with van der Waals surface area (Å²) in [7, 11) is -2.22.